The molecule has 0 aromatic heterocycles. The number of hydrogen-bond acceptors (Lipinski definition) is 1. The first-order valence-corrected chi connectivity index (χ1v) is 2.02. The van der Waals surface area contributed by atoms with Gasteiger partial charge in [0.2, 0.25) is 0 Å². The Balaban J connectivity index is 3.39. The van der Waals surface area contributed by atoms with Crippen LogP contribution in [0.15, 0.2) is 12.3 Å². The van der Waals surface area contributed by atoms with Crippen LogP contribution in [0.25, 0.3) is 0 Å². The first kappa shape index (κ1) is 7.33. The van der Waals surface area contributed by atoms with Crippen LogP contribution in [0.4, 0.5) is 13.2 Å². The van der Waals surface area contributed by atoms with E-state index < -0.39 is 6.30 Å². The summed E-state index contributed by atoms with van der Waals surface area (Å²) in [5.74, 6) is 0. The fourth-order valence-corrected chi connectivity index (χ4v) is 0.178. The Morgan fingerprint density at radius 3 is 2.00 bits per heavy atom. The number of hydrogen-bond donors (Lipinski definition) is 1. The predicted molar refractivity (Wildman–Crippen MR) is 24.0 cm³/mol. The maximum absolute atomic E-state index is 11.1. The smallest absolute Gasteiger partial charge is 0.305 e. The van der Waals surface area contributed by atoms with Gasteiger partial charge in [-0.2, -0.15) is 13.2 Å². The van der Waals surface area contributed by atoms with E-state index in [2.05, 4.69) is 0 Å². The van der Waals surface area contributed by atoms with Crippen molar-refractivity contribution in [3.8, 4) is 0 Å². The lowest BCUT2D eigenvalue weighted by molar-refractivity contribution is -0.146. The highest BCUT2D eigenvalue weighted by Gasteiger charge is 2.24. The summed E-state index contributed by atoms with van der Waals surface area (Å²) in [7, 11) is 0. The molecule has 0 aliphatic heterocycles. The van der Waals surface area contributed by atoms with Crippen molar-refractivity contribution in [2.45, 2.75) is 13.2 Å². The van der Waals surface area contributed by atoms with E-state index in [0.29, 0.717) is 0 Å². The fourth-order valence-electron chi connectivity index (χ4n) is 0.178. The van der Waals surface area contributed by atoms with E-state index in [1.165, 1.54) is 18.3 Å². The fraction of sp³-hybridized carbons (Fsp3) is 0.500. The predicted octanol–water partition coefficient (Wildman–Crippen LogP) is 1.63. The molecule has 0 aromatic rings. The zero-order valence-electron chi connectivity index (χ0n) is 4.29. The molecule has 0 rings (SSSR count). The van der Waals surface area contributed by atoms with Crippen LogP contribution in [0.3, 0.4) is 0 Å². The van der Waals surface area contributed by atoms with Crippen LogP contribution in [0.1, 0.15) is 6.92 Å². The average molecular weight is 125 g/mol. The molecule has 0 saturated heterocycles. The van der Waals surface area contributed by atoms with Gasteiger partial charge in [0.05, 0.1) is 0 Å². The second-order valence-corrected chi connectivity index (χ2v) is 1.14. The normalized spacial score (nSPS) is 12.5. The molecule has 0 heterocycles. The van der Waals surface area contributed by atoms with Crippen molar-refractivity contribution in [3.63, 3.8) is 0 Å². The molecule has 0 bridgehead atoms. The van der Waals surface area contributed by atoms with E-state index in [0.717, 1.165) is 6.20 Å². The van der Waals surface area contributed by atoms with E-state index >= 15 is 0 Å². The lowest BCUT2D eigenvalue weighted by Gasteiger charge is -2.02. The van der Waals surface area contributed by atoms with Gasteiger partial charge in [-0.05, 0) is 6.92 Å². The topological polar surface area (TPSA) is 12.0 Å². The van der Waals surface area contributed by atoms with Gasteiger partial charge in [0, 0.05) is 6.20 Å². The quantitative estimate of drug-likeness (QED) is 0.525. The van der Waals surface area contributed by atoms with Crippen molar-refractivity contribution >= 4 is 0 Å². The second-order valence-electron chi connectivity index (χ2n) is 1.14. The standard InChI is InChI=1S/C4H6F3N/c1-2-3-8-4(5,6)7/h2-3,8H,1H3. The number of allylic oxidation sites excluding steroid dienone is 1. The summed E-state index contributed by atoms with van der Waals surface area (Å²) >= 11 is 0. The number of rotatable bonds is 1. The summed E-state index contributed by atoms with van der Waals surface area (Å²) in [6.07, 6.45) is -2.18. The van der Waals surface area contributed by atoms with Crippen LogP contribution in [0.5, 0.6) is 0 Å². The molecule has 0 saturated carbocycles. The van der Waals surface area contributed by atoms with Gasteiger partial charge >= 0.3 is 6.30 Å². The highest BCUT2D eigenvalue weighted by atomic mass is 19.4. The number of nitrogens with one attached hydrogen (secondary N) is 1. The third-order valence-electron chi connectivity index (χ3n) is 0.414. The number of halogens is 3. The number of alkyl halides is 3. The Bertz CT molecular complexity index is 83.8. The van der Waals surface area contributed by atoms with Crippen LogP contribution in [-0.2, 0) is 0 Å². The molecule has 0 aliphatic rings. The SMILES string of the molecule is CC=CNC(F)(F)F. The molecule has 1 N–H and O–H groups in total. The first-order chi connectivity index (χ1) is 3.56. The zero-order valence-corrected chi connectivity index (χ0v) is 4.29. The monoisotopic (exact) mass is 125 g/mol. The highest BCUT2D eigenvalue weighted by molar-refractivity contribution is 4.74. The first-order valence-electron chi connectivity index (χ1n) is 2.02. The minimum Gasteiger partial charge on any atom is -0.305 e. The highest BCUT2D eigenvalue weighted by Crippen LogP contribution is 2.08. The maximum Gasteiger partial charge on any atom is 0.481 e. The molecule has 0 aromatic carbocycles. The van der Waals surface area contributed by atoms with Crippen LogP contribution in [0, 0.1) is 0 Å². The van der Waals surface area contributed by atoms with Gasteiger partial charge in [0.1, 0.15) is 0 Å². The van der Waals surface area contributed by atoms with Gasteiger partial charge in [0.15, 0.2) is 0 Å². The average Bonchev–Trinajstić information content (AvgIpc) is 1.59. The van der Waals surface area contributed by atoms with Crippen LogP contribution in [0.2, 0.25) is 0 Å². The molecule has 0 aliphatic carbocycles. The summed E-state index contributed by atoms with van der Waals surface area (Å²) in [6.45, 7) is 1.50. The van der Waals surface area contributed by atoms with E-state index in [4.69, 9.17) is 0 Å². The lowest BCUT2D eigenvalue weighted by atomic mass is 10.7. The Labute approximate surface area is 45.2 Å². The Hall–Kier alpha value is -0.670. The van der Waals surface area contributed by atoms with Gasteiger partial charge < -0.3 is 5.32 Å². The van der Waals surface area contributed by atoms with Crippen molar-refractivity contribution in [1.82, 2.24) is 5.32 Å². The molecule has 4 heteroatoms. The summed E-state index contributed by atoms with van der Waals surface area (Å²) in [5.41, 5.74) is 0. The second kappa shape index (κ2) is 2.59. The molecule has 0 atom stereocenters. The van der Waals surface area contributed by atoms with Gasteiger partial charge in [-0.15, -0.1) is 0 Å². The van der Waals surface area contributed by atoms with E-state index in [1.807, 2.05) is 0 Å². The van der Waals surface area contributed by atoms with Gasteiger partial charge in [-0.1, -0.05) is 6.08 Å². The van der Waals surface area contributed by atoms with E-state index in [-0.39, 0.29) is 0 Å². The van der Waals surface area contributed by atoms with Crippen molar-refractivity contribution < 1.29 is 13.2 Å². The van der Waals surface area contributed by atoms with Gasteiger partial charge in [-0.25, -0.2) is 0 Å². The molecule has 0 spiro atoms. The molecule has 48 valence electrons. The molecular formula is C4H6F3N. The minimum absolute atomic E-state index is 0.833. The summed E-state index contributed by atoms with van der Waals surface area (Å²) in [4.78, 5) is 0. The molecule has 0 radical (unpaired) electrons. The van der Waals surface area contributed by atoms with Crippen LogP contribution in [-0.4, -0.2) is 6.30 Å². The molecular weight excluding hydrogens is 119 g/mol. The summed E-state index contributed by atoms with van der Waals surface area (Å²) < 4.78 is 33.2. The van der Waals surface area contributed by atoms with Crippen molar-refractivity contribution in [1.29, 1.82) is 0 Å². The molecule has 8 heavy (non-hydrogen) atoms. The summed E-state index contributed by atoms with van der Waals surface area (Å²) in [5, 5.41) is 1.19. The Morgan fingerprint density at radius 2 is 1.88 bits per heavy atom. The minimum atomic E-state index is -4.29. The molecule has 1 nitrogen and oxygen atoms in total. The maximum atomic E-state index is 11.1. The van der Waals surface area contributed by atoms with Crippen molar-refractivity contribution in [3.05, 3.63) is 12.3 Å². The Kier molecular flexibility index (Phi) is 2.37. The van der Waals surface area contributed by atoms with E-state index in [1.54, 1.807) is 0 Å². The molecule has 0 amide bonds. The largest absolute Gasteiger partial charge is 0.481 e. The van der Waals surface area contributed by atoms with Crippen molar-refractivity contribution in [2.24, 2.45) is 0 Å². The van der Waals surface area contributed by atoms with Gasteiger partial charge in [-0.3, -0.25) is 0 Å². The van der Waals surface area contributed by atoms with Gasteiger partial charge in [0.25, 0.3) is 0 Å². The van der Waals surface area contributed by atoms with E-state index in [9.17, 15) is 13.2 Å². The van der Waals surface area contributed by atoms with Crippen LogP contribution >= 0.6 is 0 Å². The summed E-state index contributed by atoms with van der Waals surface area (Å²) in [6, 6.07) is 0. The molecule has 0 unspecified atom stereocenters. The zero-order chi connectivity index (χ0) is 6.62. The third-order valence-corrected chi connectivity index (χ3v) is 0.414. The van der Waals surface area contributed by atoms with Crippen LogP contribution < -0.4 is 5.32 Å². The third kappa shape index (κ3) is 5.33. The lowest BCUT2D eigenvalue weighted by Crippen LogP contribution is -2.25. The van der Waals surface area contributed by atoms with Crippen molar-refractivity contribution in [2.75, 3.05) is 0 Å². The molecule has 0 fully saturated rings. The Morgan fingerprint density at radius 1 is 1.38 bits per heavy atom.